The van der Waals surface area contributed by atoms with E-state index < -0.39 is 9.84 Å². The van der Waals surface area contributed by atoms with E-state index in [0.717, 1.165) is 16.8 Å². The lowest BCUT2D eigenvalue weighted by atomic mass is 10.2. The van der Waals surface area contributed by atoms with E-state index in [1.807, 2.05) is 18.2 Å². The van der Waals surface area contributed by atoms with Gasteiger partial charge in [-0.15, -0.1) is 4.91 Å². The minimum absolute atomic E-state index is 0.165. The van der Waals surface area contributed by atoms with E-state index in [0.29, 0.717) is 23.1 Å². The summed E-state index contributed by atoms with van der Waals surface area (Å²) in [5, 5.41) is 4.73. The fraction of sp³-hybridized carbons (Fsp3) is 0.118. The number of rotatable bonds is 6. The quantitative estimate of drug-likeness (QED) is 0.472. The van der Waals surface area contributed by atoms with Crippen molar-refractivity contribution >= 4 is 32.9 Å². The summed E-state index contributed by atoms with van der Waals surface area (Å²) in [5.74, 6) is 0.328. The van der Waals surface area contributed by atoms with Gasteiger partial charge in [-0.2, -0.15) is 5.01 Å². The van der Waals surface area contributed by atoms with Crippen molar-refractivity contribution in [2.45, 2.75) is 11.4 Å². The number of imidazole rings is 1. The van der Waals surface area contributed by atoms with Crippen LogP contribution in [0, 0.1) is 4.91 Å². The van der Waals surface area contributed by atoms with Gasteiger partial charge in [0.2, 0.25) is 0 Å². The van der Waals surface area contributed by atoms with Crippen molar-refractivity contribution in [2.75, 3.05) is 11.3 Å². The second kappa shape index (κ2) is 7.27. The predicted octanol–water partition coefficient (Wildman–Crippen LogP) is 3.81. The van der Waals surface area contributed by atoms with Crippen LogP contribution in [0.2, 0.25) is 5.02 Å². The average molecular weight is 391 g/mol. The van der Waals surface area contributed by atoms with Gasteiger partial charge < -0.3 is 4.57 Å². The molecule has 0 unspecified atom stereocenters. The Hall–Kier alpha value is -2.71. The molecule has 0 saturated heterocycles. The smallest absolute Gasteiger partial charge is 0.175 e. The summed E-state index contributed by atoms with van der Waals surface area (Å²) in [6, 6.07) is 13.3. The highest BCUT2D eigenvalue weighted by Gasteiger charge is 2.15. The Kier molecular flexibility index (Phi) is 5.06. The zero-order valence-electron chi connectivity index (χ0n) is 13.8. The normalized spacial score (nSPS) is 11.3. The largest absolute Gasteiger partial charge is 0.331 e. The summed E-state index contributed by atoms with van der Waals surface area (Å²) >= 11 is 5.98. The van der Waals surface area contributed by atoms with Crippen LogP contribution in [-0.4, -0.2) is 24.2 Å². The van der Waals surface area contributed by atoms with E-state index in [1.54, 1.807) is 23.2 Å². The van der Waals surface area contributed by atoms with Gasteiger partial charge in [-0.25, -0.2) is 13.4 Å². The van der Waals surface area contributed by atoms with Gasteiger partial charge in [-0.1, -0.05) is 23.7 Å². The molecule has 0 aliphatic carbocycles. The van der Waals surface area contributed by atoms with Crippen LogP contribution in [0.4, 0.5) is 11.5 Å². The zero-order chi connectivity index (χ0) is 18.7. The summed E-state index contributed by atoms with van der Waals surface area (Å²) in [6.07, 6.45) is 4.38. The number of nitrogens with zero attached hydrogens (tertiary/aromatic N) is 4. The number of aromatic nitrogens is 2. The topological polar surface area (TPSA) is 84.6 Å². The van der Waals surface area contributed by atoms with Crippen molar-refractivity contribution in [3.63, 3.8) is 0 Å². The number of sulfone groups is 1. The molecule has 0 atom stereocenters. The lowest BCUT2D eigenvalue weighted by Gasteiger charge is -2.12. The highest BCUT2D eigenvalue weighted by Crippen LogP contribution is 2.25. The van der Waals surface area contributed by atoms with E-state index >= 15 is 0 Å². The van der Waals surface area contributed by atoms with Gasteiger partial charge in [0, 0.05) is 17.8 Å². The van der Waals surface area contributed by atoms with Gasteiger partial charge in [0.15, 0.2) is 15.7 Å². The molecule has 7 nitrogen and oxygen atoms in total. The molecule has 0 bridgehead atoms. The average Bonchev–Trinajstić information content (AvgIpc) is 3.03. The van der Waals surface area contributed by atoms with Crippen molar-refractivity contribution in [3.8, 4) is 0 Å². The molecule has 1 aromatic heterocycles. The fourth-order valence-corrected chi connectivity index (χ4v) is 3.29. The minimum Gasteiger partial charge on any atom is -0.331 e. The highest BCUT2D eigenvalue weighted by atomic mass is 35.5. The summed E-state index contributed by atoms with van der Waals surface area (Å²) in [7, 11) is -3.31. The first-order valence-electron chi connectivity index (χ1n) is 7.56. The molecule has 0 saturated carbocycles. The molecule has 0 radical (unpaired) electrons. The monoisotopic (exact) mass is 390 g/mol. The molecule has 2 aromatic carbocycles. The Labute approximate surface area is 155 Å². The third-order valence-electron chi connectivity index (χ3n) is 3.68. The number of nitroso groups, excluding NO2 is 1. The first kappa shape index (κ1) is 18.1. The number of hydrogen-bond donors (Lipinski definition) is 0. The first-order valence-corrected chi connectivity index (χ1v) is 9.83. The Bertz CT molecular complexity index is 1030. The van der Waals surface area contributed by atoms with Gasteiger partial charge in [0.25, 0.3) is 0 Å². The minimum atomic E-state index is -3.31. The van der Waals surface area contributed by atoms with Crippen molar-refractivity contribution in [1.82, 2.24) is 9.55 Å². The summed E-state index contributed by atoms with van der Waals surface area (Å²) < 4.78 is 24.9. The van der Waals surface area contributed by atoms with Gasteiger partial charge in [-0.05, 0) is 42.0 Å². The Morgan fingerprint density at radius 2 is 1.92 bits per heavy atom. The van der Waals surface area contributed by atoms with Crippen molar-refractivity contribution in [2.24, 2.45) is 5.29 Å². The van der Waals surface area contributed by atoms with Crippen LogP contribution in [0.25, 0.3) is 0 Å². The summed E-state index contributed by atoms with van der Waals surface area (Å²) in [4.78, 5) is 15.7. The molecule has 0 amide bonds. The number of hydrogen-bond acceptors (Lipinski definition) is 5. The Morgan fingerprint density at radius 1 is 1.19 bits per heavy atom. The third-order valence-corrected chi connectivity index (χ3v) is 5.05. The lowest BCUT2D eigenvalue weighted by Crippen LogP contribution is -2.08. The molecule has 0 spiro atoms. The predicted molar refractivity (Wildman–Crippen MR) is 100 cm³/mol. The maximum atomic E-state index is 11.5. The van der Waals surface area contributed by atoms with Crippen LogP contribution < -0.4 is 5.01 Å². The lowest BCUT2D eigenvalue weighted by molar-refractivity contribution is 0.602. The molecular weight excluding hydrogens is 376 g/mol. The van der Waals surface area contributed by atoms with E-state index in [2.05, 4.69) is 10.3 Å². The molecule has 3 rings (SSSR count). The molecular formula is C17H15ClN4O3S. The van der Waals surface area contributed by atoms with Crippen LogP contribution in [0.5, 0.6) is 0 Å². The van der Waals surface area contributed by atoms with Crippen LogP contribution in [0.15, 0.2) is 71.2 Å². The molecule has 0 fully saturated rings. The first-order chi connectivity index (χ1) is 12.4. The maximum absolute atomic E-state index is 11.5. The van der Waals surface area contributed by atoms with Gasteiger partial charge in [0.05, 0.1) is 28.4 Å². The van der Waals surface area contributed by atoms with Crippen LogP contribution in [0.3, 0.4) is 0 Å². The third kappa shape index (κ3) is 4.09. The molecule has 3 aromatic rings. The molecule has 134 valence electrons. The fourth-order valence-electron chi connectivity index (χ4n) is 2.45. The highest BCUT2D eigenvalue weighted by molar-refractivity contribution is 7.90. The Morgan fingerprint density at radius 3 is 2.54 bits per heavy atom. The maximum Gasteiger partial charge on any atom is 0.175 e. The molecule has 0 aliphatic heterocycles. The van der Waals surface area contributed by atoms with Crippen molar-refractivity contribution < 1.29 is 8.42 Å². The van der Waals surface area contributed by atoms with E-state index in [1.165, 1.54) is 24.3 Å². The Balaban J connectivity index is 1.83. The second-order valence-electron chi connectivity index (χ2n) is 5.69. The van der Waals surface area contributed by atoms with Gasteiger partial charge >= 0.3 is 0 Å². The van der Waals surface area contributed by atoms with Gasteiger partial charge in [0.1, 0.15) is 0 Å². The summed E-state index contributed by atoms with van der Waals surface area (Å²) in [6.45, 7) is 0.535. The second-order valence-corrected chi connectivity index (χ2v) is 8.15. The molecule has 1 heterocycles. The number of halogens is 1. The number of benzene rings is 2. The van der Waals surface area contributed by atoms with Crippen molar-refractivity contribution in [1.29, 1.82) is 0 Å². The molecule has 0 aliphatic rings. The standard InChI is InChI=1S/C17H15ClN4O3S/c1-26(24,25)16-7-5-15(6-8-16)22(20-23)17-11-21(12-19-17)10-13-3-2-4-14(18)9-13/h2-9,11-12H,10H2,1H3. The van der Waals surface area contributed by atoms with Gasteiger partial charge in [-0.3, -0.25) is 0 Å². The summed E-state index contributed by atoms with van der Waals surface area (Å²) in [5.41, 5.74) is 1.41. The van der Waals surface area contributed by atoms with Crippen LogP contribution >= 0.6 is 11.6 Å². The van der Waals surface area contributed by atoms with Crippen LogP contribution in [-0.2, 0) is 16.4 Å². The SMILES string of the molecule is CS(=O)(=O)c1ccc(N(N=O)c2cn(Cc3cccc(Cl)c3)cn2)cc1. The van der Waals surface area contributed by atoms with E-state index in [-0.39, 0.29) is 4.90 Å². The number of anilines is 2. The molecule has 9 heteroatoms. The van der Waals surface area contributed by atoms with E-state index in [9.17, 15) is 13.3 Å². The molecule has 26 heavy (non-hydrogen) atoms. The molecule has 0 N–H and O–H groups in total. The van der Waals surface area contributed by atoms with Crippen molar-refractivity contribution in [3.05, 3.63) is 76.5 Å². The zero-order valence-corrected chi connectivity index (χ0v) is 15.4. The van der Waals surface area contributed by atoms with E-state index in [4.69, 9.17) is 11.6 Å². The van der Waals surface area contributed by atoms with Crippen LogP contribution in [0.1, 0.15) is 5.56 Å².